The second-order valence-electron chi connectivity index (χ2n) is 4.41. The molecule has 0 saturated heterocycles. The van der Waals surface area contributed by atoms with Gasteiger partial charge in [-0.3, -0.25) is 0 Å². The maximum absolute atomic E-state index is 4.40. The molecule has 1 aromatic heterocycles. The van der Waals surface area contributed by atoms with Gasteiger partial charge in [0.05, 0.1) is 12.2 Å². The average molecular weight is 241 g/mol. The van der Waals surface area contributed by atoms with Crippen molar-refractivity contribution in [1.82, 2.24) is 9.97 Å². The van der Waals surface area contributed by atoms with Crippen LogP contribution < -0.4 is 5.32 Å². The number of aryl methyl sites for hydroxylation is 3. The van der Waals surface area contributed by atoms with Gasteiger partial charge in [0, 0.05) is 11.9 Å². The Bertz CT molecular complexity index is 535. The minimum Gasteiger partial charge on any atom is -0.379 e. The zero-order valence-corrected chi connectivity index (χ0v) is 11.2. The van der Waals surface area contributed by atoms with E-state index in [0.717, 1.165) is 24.5 Å². The van der Waals surface area contributed by atoms with E-state index in [1.807, 2.05) is 13.0 Å². The van der Waals surface area contributed by atoms with Crippen LogP contribution in [0.25, 0.3) is 0 Å². The Hall–Kier alpha value is -1.90. The summed E-state index contributed by atoms with van der Waals surface area (Å²) >= 11 is 0. The molecule has 0 atom stereocenters. The molecule has 0 amide bonds. The van der Waals surface area contributed by atoms with E-state index in [0.29, 0.717) is 0 Å². The standard InChI is InChI=1S/C15H19N3/c1-4-13-7-5-6-11(2)15(13)17-10-14-8-9-16-12(3)18-14/h5-9,17H,4,10H2,1-3H3. The summed E-state index contributed by atoms with van der Waals surface area (Å²) in [6.45, 7) is 6.96. The summed E-state index contributed by atoms with van der Waals surface area (Å²) < 4.78 is 0. The molecule has 0 spiro atoms. The molecule has 2 aromatic rings. The largest absolute Gasteiger partial charge is 0.379 e. The van der Waals surface area contributed by atoms with E-state index in [1.165, 1.54) is 16.8 Å². The topological polar surface area (TPSA) is 37.8 Å². The maximum Gasteiger partial charge on any atom is 0.125 e. The van der Waals surface area contributed by atoms with Crippen LogP contribution in [-0.2, 0) is 13.0 Å². The summed E-state index contributed by atoms with van der Waals surface area (Å²) in [7, 11) is 0. The highest BCUT2D eigenvalue weighted by atomic mass is 14.9. The summed E-state index contributed by atoms with van der Waals surface area (Å²) in [6.07, 6.45) is 2.84. The Morgan fingerprint density at radius 1 is 1.17 bits per heavy atom. The summed E-state index contributed by atoms with van der Waals surface area (Å²) in [5.74, 6) is 0.815. The van der Waals surface area contributed by atoms with E-state index in [-0.39, 0.29) is 0 Å². The molecule has 0 aliphatic heterocycles. The van der Waals surface area contributed by atoms with Crippen molar-refractivity contribution in [3.05, 3.63) is 53.1 Å². The minimum atomic E-state index is 0.737. The highest BCUT2D eigenvalue weighted by molar-refractivity contribution is 5.57. The zero-order chi connectivity index (χ0) is 13.0. The minimum absolute atomic E-state index is 0.737. The SMILES string of the molecule is CCc1cccc(C)c1NCc1ccnc(C)n1. The maximum atomic E-state index is 4.40. The number of para-hydroxylation sites is 1. The highest BCUT2D eigenvalue weighted by Crippen LogP contribution is 2.21. The third kappa shape index (κ3) is 2.86. The molecule has 0 bridgehead atoms. The van der Waals surface area contributed by atoms with Gasteiger partial charge in [-0.2, -0.15) is 0 Å². The van der Waals surface area contributed by atoms with Gasteiger partial charge in [0.15, 0.2) is 0 Å². The molecule has 0 radical (unpaired) electrons. The van der Waals surface area contributed by atoms with Crippen molar-refractivity contribution < 1.29 is 0 Å². The second-order valence-corrected chi connectivity index (χ2v) is 4.41. The Morgan fingerprint density at radius 2 is 2.00 bits per heavy atom. The van der Waals surface area contributed by atoms with Gasteiger partial charge in [-0.1, -0.05) is 25.1 Å². The Morgan fingerprint density at radius 3 is 2.72 bits per heavy atom. The molecular weight excluding hydrogens is 222 g/mol. The first-order valence-corrected chi connectivity index (χ1v) is 6.31. The molecule has 18 heavy (non-hydrogen) atoms. The summed E-state index contributed by atoms with van der Waals surface area (Å²) in [5, 5.41) is 3.49. The number of anilines is 1. The zero-order valence-electron chi connectivity index (χ0n) is 11.2. The highest BCUT2D eigenvalue weighted by Gasteiger charge is 2.04. The number of hydrogen-bond donors (Lipinski definition) is 1. The van der Waals surface area contributed by atoms with Crippen LogP contribution in [0.5, 0.6) is 0 Å². The first-order chi connectivity index (χ1) is 8.70. The molecule has 3 nitrogen and oxygen atoms in total. The molecule has 1 N–H and O–H groups in total. The van der Waals surface area contributed by atoms with Crippen LogP contribution in [0.3, 0.4) is 0 Å². The Balaban J connectivity index is 2.15. The van der Waals surface area contributed by atoms with Crippen LogP contribution in [-0.4, -0.2) is 9.97 Å². The van der Waals surface area contributed by atoms with E-state index in [4.69, 9.17) is 0 Å². The predicted octanol–water partition coefficient (Wildman–Crippen LogP) is 3.27. The molecular formula is C15H19N3. The Labute approximate surface area is 108 Å². The molecule has 1 aromatic carbocycles. The van der Waals surface area contributed by atoms with Crippen LogP contribution in [0.1, 0.15) is 29.6 Å². The molecule has 0 aliphatic rings. The summed E-state index contributed by atoms with van der Waals surface area (Å²) in [4.78, 5) is 8.51. The lowest BCUT2D eigenvalue weighted by Crippen LogP contribution is -2.06. The van der Waals surface area contributed by atoms with Crippen LogP contribution in [0.4, 0.5) is 5.69 Å². The van der Waals surface area contributed by atoms with Crippen molar-refractivity contribution in [2.24, 2.45) is 0 Å². The van der Waals surface area contributed by atoms with Gasteiger partial charge in [-0.05, 0) is 37.5 Å². The lowest BCUT2D eigenvalue weighted by Gasteiger charge is -2.13. The lowest BCUT2D eigenvalue weighted by molar-refractivity contribution is 0.950. The molecule has 94 valence electrons. The van der Waals surface area contributed by atoms with Crippen molar-refractivity contribution in [1.29, 1.82) is 0 Å². The van der Waals surface area contributed by atoms with E-state index >= 15 is 0 Å². The average Bonchev–Trinajstić information content (AvgIpc) is 2.37. The number of benzene rings is 1. The van der Waals surface area contributed by atoms with Gasteiger partial charge in [-0.25, -0.2) is 9.97 Å². The smallest absolute Gasteiger partial charge is 0.125 e. The summed E-state index contributed by atoms with van der Waals surface area (Å²) in [6, 6.07) is 8.35. The number of rotatable bonds is 4. The molecule has 1 heterocycles. The fraction of sp³-hybridized carbons (Fsp3) is 0.333. The van der Waals surface area contributed by atoms with Crippen LogP contribution in [0.2, 0.25) is 0 Å². The van der Waals surface area contributed by atoms with Crippen LogP contribution in [0, 0.1) is 13.8 Å². The number of aromatic nitrogens is 2. The monoisotopic (exact) mass is 241 g/mol. The van der Waals surface area contributed by atoms with Crippen LogP contribution >= 0.6 is 0 Å². The van der Waals surface area contributed by atoms with Crippen molar-refractivity contribution in [2.75, 3.05) is 5.32 Å². The molecule has 0 unspecified atom stereocenters. The first kappa shape index (κ1) is 12.6. The van der Waals surface area contributed by atoms with Gasteiger partial charge >= 0.3 is 0 Å². The van der Waals surface area contributed by atoms with Gasteiger partial charge in [0.2, 0.25) is 0 Å². The first-order valence-electron chi connectivity index (χ1n) is 6.31. The second kappa shape index (κ2) is 5.63. The molecule has 0 saturated carbocycles. The van der Waals surface area contributed by atoms with Gasteiger partial charge in [0.1, 0.15) is 5.82 Å². The van der Waals surface area contributed by atoms with Crippen molar-refractivity contribution in [2.45, 2.75) is 33.7 Å². The molecule has 2 rings (SSSR count). The summed E-state index contributed by atoms with van der Waals surface area (Å²) in [5.41, 5.74) is 4.88. The van der Waals surface area contributed by atoms with E-state index < -0.39 is 0 Å². The lowest BCUT2D eigenvalue weighted by atomic mass is 10.1. The van der Waals surface area contributed by atoms with E-state index in [2.05, 4.69) is 47.3 Å². The fourth-order valence-corrected chi connectivity index (χ4v) is 2.06. The third-order valence-corrected chi connectivity index (χ3v) is 3.02. The van der Waals surface area contributed by atoms with Gasteiger partial charge < -0.3 is 5.32 Å². The predicted molar refractivity (Wildman–Crippen MR) is 74.7 cm³/mol. The Kier molecular flexibility index (Phi) is 3.92. The van der Waals surface area contributed by atoms with E-state index in [9.17, 15) is 0 Å². The fourth-order valence-electron chi connectivity index (χ4n) is 2.06. The van der Waals surface area contributed by atoms with Crippen LogP contribution in [0.15, 0.2) is 30.5 Å². The van der Waals surface area contributed by atoms with Crippen molar-refractivity contribution in [3.8, 4) is 0 Å². The molecule has 0 fully saturated rings. The third-order valence-electron chi connectivity index (χ3n) is 3.02. The quantitative estimate of drug-likeness (QED) is 0.892. The number of nitrogens with one attached hydrogen (secondary N) is 1. The van der Waals surface area contributed by atoms with E-state index in [1.54, 1.807) is 6.20 Å². The van der Waals surface area contributed by atoms with Crippen molar-refractivity contribution in [3.63, 3.8) is 0 Å². The molecule has 3 heteroatoms. The number of hydrogen-bond acceptors (Lipinski definition) is 3. The molecule has 0 aliphatic carbocycles. The van der Waals surface area contributed by atoms with Crippen molar-refractivity contribution >= 4 is 5.69 Å². The number of nitrogens with zero attached hydrogens (tertiary/aromatic N) is 2. The normalized spacial score (nSPS) is 10.4. The van der Waals surface area contributed by atoms with Gasteiger partial charge in [0.25, 0.3) is 0 Å². The van der Waals surface area contributed by atoms with Gasteiger partial charge in [-0.15, -0.1) is 0 Å².